The molecule has 3 aliphatic heterocycles. The molecule has 0 aromatic heterocycles. The van der Waals surface area contributed by atoms with E-state index in [1.807, 2.05) is 6.92 Å². The van der Waals surface area contributed by atoms with Gasteiger partial charge in [-0.25, -0.2) is 0 Å². The largest absolute Gasteiger partial charge is 0.396 e. The Morgan fingerprint density at radius 1 is 1.28 bits per heavy atom. The van der Waals surface area contributed by atoms with Crippen molar-refractivity contribution in [2.45, 2.75) is 56.8 Å². The summed E-state index contributed by atoms with van der Waals surface area (Å²) >= 11 is 6.24. The van der Waals surface area contributed by atoms with E-state index in [-0.39, 0.29) is 30.4 Å². The standard InChI is InChI=1S/C23H30ClN3O5/c1-2-11-25-20(29)17-16-9-10-23(32-16)18(17)22(31)27(12-5-6-13-28)19(23)21(30)26-15-8-4-3-7-14(15)24/h3-4,7-8,16-19,28H,2,5-6,9-13H2,1H3,(H,25,29)(H,26,30)/t16-,17+,18+,19?,23?/m1/s1. The molecule has 4 rings (SSSR count). The van der Waals surface area contributed by atoms with Gasteiger partial charge in [-0.05, 0) is 44.2 Å². The average Bonchev–Trinajstić information content (AvgIpc) is 3.41. The number of nitrogens with one attached hydrogen (secondary N) is 2. The first kappa shape index (κ1) is 23.0. The maximum atomic E-state index is 13.6. The van der Waals surface area contributed by atoms with Crippen LogP contribution in [0.15, 0.2) is 24.3 Å². The van der Waals surface area contributed by atoms with E-state index < -0.39 is 23.5 Å². The Balaban J connectivity index is 1.65. The van der Waals surface area contributed by atoms with Crippen molar-refractivity contribution in [3.8, 4) is 0 Å². The molecular weight excluding hydrogens is 434 g/mol. The van der Waals surface area contributed by atoms with Crippen LogP contribution in [-0.4, -0.2) is 65.2 Å². The quantitative estimate of drug-likeness (QED) is 0.485. The number of rotatable bonds is 9. The molecule has 3 heterocycles. The van der Waals surface area contributed by atoms with Crippen LogP contribution in [0.25, 0.3) is 0 Å². The second-order valence-corrected chi connectivity index (χ2v) is 9.19. The third-order valence-corrected chi connectivity index (χ3v) is 7.17. The van der Waals surface area contributed by atoms with E-state index in [1.54, 1.807) is 29.2 Å². The van der Waals surface area contributed by atoms with Crippen LogP contribution >= 0.6 is 11.6 Å². The summed E-state index contributed by atoms with van der Waals surface area (Å²) in [6.45, 7) is 2.83. The third-order valence-electron chi connectivity index (χ3n) is 6.84. The number of anilines is 1. The number of fused-ring (bicyclic) bond motifs is 1. The van der Waals surface area contributed by atoms with Gasteiger partial charge in [-0.1, -0.05) is 30.7 Å². The predicted octanol–water partition coefficient (Wildman–Crippen LogP) is 1.95. The fourth-order valence-electron chi connectivity index (χ4n) is 5.52. The summed E-state index contributed by atoms with van der Waals surface area (Å²) < 4.78 is 6.34. The number of unbranched alkanes of at least 4 members (excludes halogenated alkanes) is 1. The highest BCUT2D eigenvalue weighted by Crippen LogP contribution is 2.58. The molecule has 2 unspecified atom stereocenters. The SMILES string of the molecule is CCCNC(=O)[C@@H]1[C@H]2C(=O)N(CCCCO)C(C(=O)Nc3ccccc3Cl)C23CC[C@H]1O3. The third kappa shape index (κ3) is 3.78. The molecule has 0 saturated carbocycles. The maximum absolute atomic E-state index is 13.6. The molecule has 1 aromatic rings. The topological polar surface area (TPSA) is 108 Å². The first-order valence-corrected chi connectivity index (χ1v) is 11.7. The van der Waals surface area contributed by atoms with Gasteiger partial charge in [0.05, 0.1) is 28.6 Å². The lowest BCUT2D eigenvalue weighted by molar-refractivity contribution is -0.140. The lowest BCUT2D eigenvalue weighted by atomic mass is 9.70. The van der Waals surface area contributed by atoms with Crippen LogP contribution < -0.4 is 10.6 Å². The Labute approximate surface area is 192 Å². The zero-order chi connectivity index (χ0) is 22.9. The van der Waals surface area contributed by atoms with Gasteiger partial charge in [-0.3, -0.25) is 14.4 Å². The van der Waals surface area contributed by atoms with E-state index >= 15 is 0 Å². The Bertz CT molecular complexity index is 896. The van der Waals surface area contributed by atoms with E-state index in [9.17, 15) is 19.5 Å². The Morgan fingerprint density at radius 3 is 2.78 bits per heavy atom. The zero-order valence-corrected chi connectivity index (χ0v) is 18.9. The monoisotopic (exact) mass is 463 g/mol. The molecule has 174 valence electrons. The van der Waals surface area contributed by atoms with Crippen molar-refractivity contribution < 1.29 is 24.2 Å². The number of likely N-dealkylation sites (tertiary alicyclic amines) is 1. The number of para-hydroxylation sites is 1. The highest BCUT2D eigenvalue weighted by molar-refractivity contribution is 6.33. The first-order valence-electron chi connectivity index (χ1n) is 11.4. The summed E-state index contributed by atoms with van der Waals surface area (Å²) in [4.78, 5) is 41.6. The molecule has 3 amide bonds. The highest BCUT2D eigenvalue weighted by Gasteiger charge is 2.74. The number of hydrogen-bond donors (Lipinski definition) is 3. The molecular formula is C23H30ClN3O5. The number of benzene rings is 1. The number of carbonyl (C=O) groups excluding carboxylic acids is 3. The Hall–Kier alpha value is -2.16. The van der Waals surface area contributed by atoms with E-state index in [1.165, 1.54) is 0 Å². The summed E-state index contributed by atoms with van der Waals surface area (Å²) in [6.07, 6.45) is 2.68. The van der Waals surface area contributed by atoms with E-state index in [0.29, 0.717) is 49.5 Å². The summed E-state index contributed by atoms with van der Waals surface area (Å²) in [7, 11) is 0. The van der Waals surface area contributed by atoms with Crippen LogP contribution in [0.5, 0.6) is 0 Å². The predicted molar refractivity (Wildman–Crippen MR) is 119 cm³/mol. The van der Waals surface area contributed by atoms with E-state index in [2.05, 4.69) is 10.6 Å². The van der Waals surface area contributed by atoms with Crippen molar-refractivity contribution in [2.75, 3.05) is 25.0 Å². The van der Waals surface area contributed by atoms with Crippen LogP contribution in [0, 0.1) is 11.8 Å². The van der Waals surface area contributed by atoms with E-state index in [4.69, 9.17) is 16.3 Å². The number of ether oxygens (including phenoxy) is 1. The molecule has 8 nitrogen and oxygen atoms in total. The number of nitrogens with zero attached hydrogens (tertiary/aromatic N) is 1. The molecule has 2 bridgehead atoms. The van der Waals surface area contributed by atoms with Crippen molar-refractivity contribution in [1.29, 1.82) is 0 Å². The maximum Gasteiger partial charge on any atom is 0.250 e. The van der Waals surface area contributed by atoms with Crippen molar-refractivity contribution in [2.24, 2.45) is 11.8 Å². The molecule has 1 spiro atoms. The van der Waals surface area contributed by atoms with Crippen molar-refractivity contribution in [3.05, 3.63) is 29.3 Å². The van der Waals surface area contributed by atoms with Crippen molar-refractivity contribution >= 4 is 35.0 Å². The van der Waals surface area contributed by atoms with Gasteiger partial charge in [-0.2, -0.15) is 0 Å². The summed E-state index contributed by atoms with van der Waals surface area (Å²) in [6, 6.07) is 6.07. The highest BCUT2D eigenvalue weighted by atomic mass is 35.5. The molecule has 0 radical (unpaired) electrons. The number of amides is 3. The van der Waals surface area contributed by atoms with Gasteiger partial charge >= 0.3 is 0 Å². The number of carbonyl (C=O) groups is 3. The van der Waals surface area contributed by atoms with Crippen LogP contribution in [0.4, 0.5) is 5.69 Å². The Morgan fingerprint density at radius 2 is 2.06 bits per heavy atom. The smallest absolute Gasteiger partial charge is 0.250 e. The molecule has 3 fully saturated rings. The van der Waals surface area contributed by atoms with Crippen molar-refractivity contribution in [3.63, 3.8) is 0 Å². The molecule has 3 saturated heterocycles. The van der Waals surface area contributed by atoms with E-state index in [0.717, 1.165) is 6.42 Å². The fraction of sp³-hybridized carbons (Fsp3) is 0.609. The normalized spacial score (nSPS) is 30.5. The molecule has 9 heteroatoms. The first-order chi connectivity index (χ1) is 15.4. The Kier molecular flexibility index (Phi) is 6.74. The number of hydrogen-bond acceptors (Lipinski definition) is 5. The molecule has 3 N–H and O–H groups in total. The number of halogens is 1. The summed E-state index contributed by atoms with van der Waals surface area (Å²) in [5.41, 5.74) is -0.563. The van der Waals surface area contributed by atoms with Gasteiger partial charge in [0.15, 0.2) is 0 Å². The zero-order valence-electron chi connectivity index (χ0n) is 18.2. The molecule has 5 atom stereocenters. The number of aliphatic hydroxyl groups excluding tert-OH is 1. The average molecular weight is 464 g/mol. The lowest BCUT2D eigenvalue weighted by Gasteiger charge is -2.33. The second-order valence-electron chi connectivity index (χ2n) is 8.78. The minimum absolute atomic E-state index is 0.00765. The summed E-state index contributed by atoms with van der Waals surface area (Å²) in [5.74, 6) is -2.05. The summed E-state index contributed by atoms with van der Waals surface area (Å²) in [5, 5.41) is 15.4. The number of aliphatic hydroxyl groups is 1. The van der Waals surface area contributed by atoms with Crippen LogP contribution in [-0.2, 0) is 19.1 Å². The van der Waals surface area contributed by atoms with Gasteiger partial charge in [-0.15, -0.1) is 0 Å². The van der Waals surface area contributed by atoms with Gasteiger partial charge in [0.1, 0.15) is 11.6 Å². The van der Waals surface area contributed by atoms with Crippen molar-refractivity contribution in [1.82, 2.24) is 10.2 Å². The molecule has 32 heavy (non-hydrogen) atoms. The lowest BCUT2D eigenvalue weighted by Crippen LogP contribution is -2.53. The minimum atomic E-state index is -1.03. The molecule has 0 aliphatic carbocycles. The minimum Gasteiger partial charge on any atom is -0.396 e. The molecule has 3 aliphatic rings. The van der Waals surface area contributed by atoms with Gasteiger partial charge in [0, 0.05) is 19.7 Å². The molecule has 1 aromatic carbocycles. The van der Waals surface area contributed by atoms with Crippen LogP contribution in [0.2, 0.25) is 5.02 Å². The van der Waals surface area contributed by atoms with Crippen LogP contribution in [0.3, 0.4) is 0 Å². The van der Waals surface area contributed by atoms with Gasteiger partial charge in [0.2, 0.25) is 17.7 Å². The van der Waals surface area contributed by atoms with Gasteiger partial charge < -0.3 is 25.4 Å². The fourth-order valence-corrected chi connectivity index (χ4v) is 5.70. The second kappa shape index (κ2) is 9.37. The van der Waals surface area contributed by atoms with Crippen LogP contribution in [0.1, 0.15) is 39.0 Å². The van der Waals surface area contributed by atoms with Gasteiger partial charge in [0.25, 0.3) is 0 Å².